The van der Waals surface area contributed by atoms with Gasteiger partial charge in [-0.15, -0.1) is 11.3 Å². The molecule has 1 heterocycles. The number of nitrogens with zero attached hydrogens (tertiary/aromatic N) is 1. The molecule has 1 atom stereocenters. The van der Waals surface area contributed by atoms with Crippen LogP contribution in [0.3, 0.4) is 0 Å². The summed E-state index contributed by atoms with van der Waals surface area (Å²) in [4.78, 5) is 4.38. The van der Waals surface area contributed by atoms with Gasteiger partial charge in [-0.1, -0.05) is 11.6 Å². The number of thiazole rings is 1. The molecule has 0 saturated carbocycles. The summed E-state index contributed by atoms with van der Waals surface area (Å²) in [6.45, 7) is 1.92. The van der Waals surface area contributed by atoms with Crippen LogP contribution in [0, 0.1) is 12.7 Å². The van der Waals surface area contributed by atoms with Crippen LogP contribution in [-0.4, -0.2) is 12.0 Å². The summed E-state index contributed by atoms with van der Waals surface area (Å²) < 4.78 is 13.8. The average Bonchev–Trinajstić information content (AvgIpc) is 2.71. The third kappa shape index (κ3) is 2.65. The van der Waals surface area contributed by atoms with Gasteiger partial charge < -0.3 is 5.32 Å². The van der Waals surface area contributed by atoms with Crippen LogP contribution in [-0.2, 0) is 0 Å². The maximum atomic E-state index is 13.8. The van der Waals surface area contributed by atoms with E-state index < -0.39 is 0 Å². The van der Waals surface area contributed by atoms with Crippen molar-refractivity contribution in [2.24, 2.45) is 0 Å². The topological polar surface area (TPSA) is 24.9 Å². The van der Waals surface area contributed by atoms with Crippen LogP contribution in [0.2, 0.25) is 5.02 Å². The number of halogens is 2. The first-order chi connectivity index (χ1) is 8.11. The number of hydrogen-bond acceptors (Lipinski definition) is 3. The second-order valence-electron chi connectivity index (χ2n) is 3.71. The van der Waals surface area contributed by atoms with Crippen LogP contribution in [0.1, 0.15) is 22.3 Å². The first-order valence-electron chi connectivity index (χ1n) is 5.16. The highest BCUT2D eigenvalue weighted by Crippen LogP contribution is 2.28. The monoisotopic (exact) mass is 270 g/mol. The van der Waals surface area contributed by atoms with Crippen LogP contribution in [0.25, 0.3) is 0 Å². The van der Waals surface area contributed by atoms with Crippen LogP contribution in [0.15, 0.2) is 23.6 Å². The lowest BCUT2D eigenvalue weighted by atomic mass is 10.1. The van der Waals surface area contributed by atoms with Crippen LogP contribution < -0.4 is 5.32 Å². The van der Waals surface area contributed by atoms with Gasteiger partial charge in [0.15, 0.2) is 0 Å². The van der Waals surface area contributed by atoms with Gasteiger partial charge in [-0.05, 0) is 32.2 Å². The fraction of sp³-hybridized carbons (Fsp3) is 0.250. The second-order valence-corrected chi connectivity index (χ2v) is 5.04. The lowest BCUT2D eigenvalue weighted by Gasteiger charge is -2.15. The minimum absolute atomic E-state index is 0.257. The fourth-order valence-electron chi connectivity index (χ4n) is 1.65. The molecule has 0 bridgehead atoms. The van der Waals surface area contributed by atoms with Gasteiger partial charge in [0.25, 0.3) is 0 Å². The molecule has 0 spiro atoms. The molecule has 90 valence electrons. The van der Waals surface area contributed by atoms with E-state index in [1.165, 1.54) is 17.4 Å². The first-order valence-corrected chi connectivity index (χ1v) is 6.42. The van der Waals surface area contributed by atoms with Crippen LogP contribution in [0.4, 0.5) is 4.39 Å². The summed E-state index contributed by atoms with van der Waals surface area (Å²) in [6, 6.07) is 4.30. The molecule has 0 aliphatic heterocycles. The normalized spacial score (nSPS) is 12.7. The molecule has 2 aromatic rings. The van der Waals surface area contributed by atoms with Crippen molar-refractivity contribution >= 4 is 22.9 Å². The molecule has 0 radical (unpaired) electrons. The standard InChI is InChI=1S/C12H12ClFN2S/c1-7-6-17-12(16-7)11(15-2)9-5-8(13)3-4-10(9)14/h3-6,11,15H,1-2H3. The average molecular weight is 271 g/mol. The van der Waals surface area contributed by atoms with Crippen molar-refractivity contribution in [1.29, 1.82) is 0 Å². The number of aromatic nitrogens is 1. The minimum atomic E-state index is -0.276. The van der Waals surface area contributed by atoms with Gasteiger partial charge >= 0.3 is 0 Å². The Kier molecular flexibility index (Phi) is 3.76. The molecule has 2 nitrogen and oxygen atoms in total. The molecule has 2 rings (SSSR count). The number of benzene rings is 1. The molecular weight excluding hydrogens is 259 g/mol. The van der Waals surface area contributed by atoms with Crippen molar-refractivity contribution in [1.82, 2.24) is 10.3 Å². The number of rotatable bonds is 3. The van der Waals surface area contributed by atoms with Gasteiger partial charge in [0, 0.05) is 21.7 Å². The van der Waals surface area contributed by atoms with E-state index >= 15 is 0 Å². The highest BCUT2D eigenvalue weighted by atomic mass is 35.5. The number of nitrogens with one attached hydrogen (secondary N) is 1. The highest BCUT2D eigenvalue weighted by Gasteiger charge is 2.19. The maximum absolute atomic E-state index is 13.8. The molecule has 0 amide bonds. The molecule has 1 aromatic heterocycles. The Morgan fingerprint density at radius 3 is 2.82 bits per heavy atom. The van der Waals surface area contributed by atoms with Crippen molar-refractivity contribution in [2.75, 3.05) is 7.05 Å². The van der Waals surface area contributed by atoms with E-state index in [0.29, 0.717) is 10.6 Å². The van der Waals surface area contributed by atoms with Gasteiger partial charge in [-0.25, -0.2) is 9.37 Å². The Morgan fingerprint density at radius 2 is 2.24 bits per heavy atom. The zero-order valence-corrected chi connectivity index (χ0v) is 11.1. The van der Waals surface area contributed by atoms with E-state index in [2.05, 4.69) is 10.3 Å². The quantitative estimate of drug-likeness (QED) is 0.923. The van der Waals surface area contributed by atoms with Gasteiger partial charge in [-0.3, -0.25) is 0 Å². The summed E-state index contributed by atoms with van der Waals surface area (Å²) in [7, 11) is 1.78. The predicted octanol–water partition coefficient (Wildman–Crippen LogP) is 3.55. The van der Waals surface area contributed by atoms with Crippen molar-refractivity contribution in [3.05, 3.63) is 50.7 Å². The van der Waals surface area contributed by atoms with E-state index in [1.807, 2.05) is 12.3 Å². The maximum Gasteiger partial charge on any atom is 0.128 e. The van der Waals surface area contributed by atoms with E-state index in [9.17, 15) is 4.39 Å². The zero-order chi connectivity index (χ0) is 12.4. The lowest BCUT2D eigenvalue weighted by Crippen LogP contribution is -2.18. The summed E-state index contributed by atoms with van der Waals surface area (Å²) in [5.74, 6) is -0.276. The molecular formula is C12H12ClFN2S. The van der Waals surface area contributed by atoms with Crippen molar-refractivity contribution in [3.63, 3.8) is 0 Å². The summed E-state index contributed by atoms with van der Waals surface area (Å²) in [6.07, 6.45) is 0. The van der Waals surface area contributed by atoms with Gasteiger partial charge in [0.05, 0.1) is 6.04 Å². The predicted molar refractivity (Wildman–Crippen MR) is 69.2 cm³/mol. The molecule has 1 unspecified atom stereocenters. The Balaban J connectivity index is 2.45. The fourth-order valence-corrected chi connectivity index (χ4v) is 2.75. The Hall–Kier alpha value is -0.970. The molecule has 0 aliphatic carbocycles. The second kappa shape index (κ2) is 5.12. The van der Waals surface area contributed by atoms with E-state index in [0.717, 1.165) is 10.7 Å². The third-order valence-electron chi connectivity index (χ3n) is 2.44. The van der Waals surface area contributed by atoms with Crippen LogP contribution >= 0.6 is 22.9 Å². The first kappa shape index (κ1) is 12.5. The Bertz CT molecular complexity index is 527. The summed E-state index contributed by atoms with van der Waals surface area (Å²) >= 11 is 7.41. The largest absolute Gasteiger partial charge is 0.307 e. The highest BCUT2D eigenvalue weighted by molar-refractivity contribution is 7.09. The van der Waals surface area contributed by atoms with E-state index in [-0.39, 0.29) is 11.9 Å². The smallest absolute Gasteiger partial charge is 0.128 e. The van der Waals surface area contributed by atoms with Crippen molar-refractivity contribution in [2.45, 2.75) is 13.0 Å². The van der Waals surface area contributed by atoms with Gasteiger partial charge in [0.2, 0.25) is 0 Å². The van der Waals surface area contributed by atoms with E-state index in [1.54, 1.807) is 19.2 Å². The van der Waals surface area contributed by atoms with Crippen molar-refractivity contribution in [3.8, 4) is 0 Å². The molecule has 5 heteroatoms. The summed E-state index contributed by atoms with van der Waals surface area (Å²) in [5.41, 5.74) is 1.46. The Labute approximate surface area is 108 Å². The molecule has 17 heavy (non-hydrogen) atoms. The third-order valence-corrected chi connectivity index (χ3v) is 3.70. The van der Waals surface area contributed by atoms with Gasteiger partial charge in [0.1, 0.15) is 10.8 Å². The molecule has 0 fully saturated rings. The zero-order valence-electron chi connectivity index (χ0n) is 9.50. The molecule has 0 aliphatic rings. The molecule has 0 saturated heterocycles. The van der Waals surface area contributed by atoms with Crippen molar-refractivity contribution < 1.29 is 4.39 Å². The minimum Gasteiger partial charge on any atom is -0.307 e. The SMILES string of the molecule is CNC(c1nc(C)cs1)c1cc(Cl)ccc1F. The number of hydrogen-bond donors (Lipinski definition) is 1. The van der Waals surface area contributed by atoms with Gasteiger partial charge in [-0.2, -0.15) is 0 Å². The number of aryl methyl sites for hydroxylation is 1. The Morgan fingerprint density at radius 1 is 1.47 bits per heavy atom. The summed E-state index contributed by atoms with van der Waals surface area (Å²) in [5, 5.41) is 6.37. The molecule has 1 N–H and O–H groups in total. The lowest BCUT2D eigenvalue weighted by molar-refractivity contribution is 0.575. The van der Waals surface area contributed by atoms with Crippen LogP contribution in [0.5, 0.6) is 0 Å². The van der Waals surface area contributed by atoms with E-state index in [4.69, 9.17) is 11.6 Å². The molecule has 1 aromatic carbocycles.